The van der Waals surface area contributed by atoms with Crippen molar-refractivity contribution in [3.8, 4) is 0 Å². The van der Waals surface area contributed by atoms with Crippen molar-refractivity contribution < 1.29 is 14.3 Å². The van der Waals surface area contributed by atoms with Crippen molar-refractivity contribution in [2.45, 2.75) is 18.1 Å². The number of thioether (sulfide) groups is 2. The van der Waals surface area contributed by atoms with E-state index in [9.17, 15) is 9.18 Å². The first-order chi connectivity index (χ1) is 10.0. The average Bonchev–Trinajstić information content (AvgIpc) is 2.75. The summed E-state index contributed by atoms with van der Waals surface area (Å²) in [5.41, 5.74) is 1.43. The third-order valence-electron chi connectivity index (χ3n) is 2.81. The third kappa shape index (κ3) is 4.26. The SMILES string of the molecule is CSCCCn1c(SCC(=O)O)nc2cc(I)c(F)cc21. The largest absolute Gasteiger partial charge is 0.481 e. The van der Waals surface area contributed by atoms with Crippen LogP contribution in [0.1, 0.15) is 6.42 Å². The number of imidazole rings is 1. The molecule has 0 fully saturated rings. The first-order valence-corrected chi connectivity index (χ1v) is 9.67. The Bertz CT molecular complexity index is 663. The zero-order valence-electron chi connectivity index (χ0n) is 11.3. The number of nitrogens with zero attached hydrogens (tertiary/aromatic N) is 2. The fraction of sp³-hybridized carbons (Fsp3) is 0.385. The van der Waals surface area contributed by atoms with Gasteiger partial charge in [0.1, 0.15) is 5.82 Å². The lowest BCUT2D eigenvalue weighted by Gasteiger charge is -2.08. The summed E-state index contributed by atoms with van der Waals surface area (Å²) in [6.07, 6.45) is 2.97. The number of aromatic nitrogens is 2. The molecule has 0 spiro atoms. The van der Waals surface area contributed by atoms with E-state index in [1.165, 1.54) is 17.8 Å². The van der Waals surface area contributed by atoms with Crippen LogP contribution < -0.4 is 0 Å². The molecule has 0 saturated carbocycles. The fourth-order valence-corrected chi connectivity index (χ4v) is 3.55. The van der Waals surface area contributed by atoms with Crippen molar-refractivity contribution in [1.29, 1.82) is 0 Å². The van der Waals surface area contributed by atoms with Crippen LogP contribution in [0.3, 0.4) is 0 Å². The van der Waals surface area contributed by atoms with Crippen LogP contribution >= 0.6 is 46.1 Å². The van der Waals surface area contributed by atoms with E-state index in [1.54, 1.807) is 17.8 Å². The zero-order valence-corrected chi connectivity index (χ0v) is 15.1. The molecular weight excluding hydrogens is 426 g/mol. The predicted octanol–water partition coefficient (Wildman–Crippen LogP) is 3.71. The van der Waals surface area contributed by atoms with E-state index >= 15 is 0 Å². The number of fused-ring (bicyclic) bond motifs is 1. The van der Waals surface area contributed by atoms with Crippen LogP contribution in [-0.4, -0.2) is 38.4 Å². The number of carboxylic acids is 1. The van der Waals surface area contributed by atoms with Crippen LogP contribution in [0.25, 0.3) is 11.0 Å². The number of benzene rings is 1. The molecule has 8 heteroatoms. The van der Waals surface area contributed by atoms with Crippen LogP contribution in [0.4, 0.5) is 4.39 Å². The fourth-order valence-electron chi connectivity index (χ4n) is 1.92. The second kappa shape index (κ2) is 7.68. The van der Waals surface area contributed by atoms with Crippen molar-refractivity contribution in [3.63, 3.8) is 0 Å². The highest BCUT2D eigenvalue weighted by molar-refractivity contribution is 14.1. The molecule has 0 radical (unpaired) electrons. The third-order valence-corrected chi connectivity index (χ3v) is 5.29. The number of hydrogen-bond donors (Lipinski definition) is 1. The van der Waals surface area contributed by atoms with E-state index in [4.69, 9.17) is 5.11 Å². The van der Waals surface area contributed by atoms with Crippen LogP contribution in [0.15, 0.2) is 17.3 Å². The minimum atomic E-state index is -0.886. The molecular formula is C13H14FIN2O2S2. The minimum Gasteiger partial charge on any atom is -0.481 e. The van der Waals surface area contributed by atoms with E-state index in [0.717, 1.165) is 17.7 Å². The highest BCUT2D eigenvalue weighted by Crippen LogP contribution is 2.27. The number of hydrogen-bond acceptors (Lipinski definition) is 4. The summed E-state index contributed by atoms with van der Waals surface area (Å²) in [5, 5.41) is 9.45. The van der Waals surface area contributed by atoms with E-state index in [0.29, 0.717) is 20.8 Å². The molecule has 2 rings (SSSR count). The van der Waals surface area contributed by atoms with E-state index < -0.39 is 5.97 Å². The van der Waals surface area contributed by atoms with Crippen LogP contribution in [0.2, 0.25) is 0 Å². The predicted molar refractivity (Wildman–Crippen MR) is 93.8 cm³/mol. The minimum absolute atomic E-state index is 0.0502. The van der Waals surface area contributed by atoms with Gasteiger partial charge in [-0.3, -0.25) is 4.79 Å². The van der Waals surface area contributed by atoms with Crippen LogP contribution in [0, 0.1) is 9.39 Å². The molecule has 114 valence electrons. The number of aryl methyl sites for hydroxylation is 1. The lowest BCUT2D eigenvalue weighted by molar-refractivity contribution is -0.133. The molecule has 1 N–H and O–H groups in total. The van der Waals surface area contributed by atoms with E-state index in [1.807, 2.05) is 33.4 Å². The van der Waals surface area contributed by atoms with Gasteiger partial charge in [0.05, 0.1) is 20.4 Å². The summed E-state index contributed by atoms with van der Waals surface area (Å²) in [4.78, 5) is 15.2. The van der Waals surface area contributed by atoms with E-state index in [2.05, 4.69) is 4.98 Å². The molecule has 0 aliphatic carbocycles. The van der Waals surface area contributed by atoms with Crippen molar-refractivity contribution in [2.75, 3.05) is 17.8 Å². The Hall–Kier alpha value is -0.480. The molecule has 0 aliphatic rings. The van der Waals surface area contributed by atoms with Gasteiger partial charge >= 0.3 is 5.97 Å². The molecule has 0 aliphatic heterocycles. The quantitative estimate of drug-likeness (QED) is 0.404. The molecule has 1 aromatic heterocycles. The smallest absolute Gasteiger partial charge is 0.313 e. The summed E-state index contributed by atoms with van der Waals surface area (Å²) >= 11 is 4.85. The van der Waals surface area contributed by atoms with Crippen molar-refractivity contribution in [3.05, 3.63) is 21.5 Å². The maximum absolute atomic E-state index is 13.8. The Labute approximate surface area is 144 Å². The average molecular weight is 440 g/mol. The van der Waals surface area contributed by atoms with Gasteiger partial charge in [0, 0.05) is 12.6 Å². The molecule has 1 heterocycles. The molecule has 0 atom stereocenters. The van der Waals surface area contributed by atoms with Crippen molar-refractivity contribution in [2.24, 2.45) is 0 Å². The highest BCUT2D eigenvalue weighted by atomic mass is 127. The molecule has 0 unspecified atom stereocenters. The zero-order chi connectivity index (χ0) is 15.4. The second-order valence-electron chi connectivity index (χ2n) is 4.33. The Morgan fingerprint density at radius 3 is 2.95 bits per heavy atom. The second-order valence-corrected chi connectivity index (χ2v) is 7.42. The van der Waals surface area contributed by atoms with Gasteiger partial charge in [-0.05, 0) is 47.1 Å². The van der Waals surface area contributed by atoms with Gasteiger partial charge in [-0.2, -0.15) is 11.8 Å². The van der Waals surface area contributed by atoms with E-state index in [-0.39, 0.29) is 11.6 Å². The molecule has 0 saturated heterocycles. The van der Waals surface area contributed by atoms with Gasteiger partial charge in [-0.25, -0.2) is 9.37 Å². The monoisotopic (exact) mass is 440 g/mol. The van der Waals surface area contributed by atoms with Crippen LogP contribution in [0.5, 0.6) is 0 Å². The normalized spacial score (nSPS) is 11.2. The summed E-state index contributed by atoms with van der Waals surface area (Å²) in [6, 6.07) is 3.18. The van der Waals surface area contributed by atoms with Gasteiger partial charge in [0.25, 0.3) is 0 Å². The lowest BCUT2D eigenvalue weighted by atomic mass is 10.3. The van der Waals surface area contributed by atoms with Gasteiger partial charge in [0.15, 0.2) is 5.16 Å². The maximum Gasteiger partial charge on any atom is 0.313 e. The first-order valence-electron chi connectivity index (χ1n) is 6.21. The number of carbonyl (C=O) groups is 1. The van der Waals surface area contributed by atoms with Gasteiger partial charge < -0.3 is 9.67 Å². The summed E-state index contributed by atoms with van der Waals surface area (Å²) < 4.78 is 16.2. The molecule has 0 amide bonds. The Morgan fingerprint density at radius 2 is 2.29 bits per heavy atom. The standard InChI is InChI=1S/C13H14FIN2O2S2/c1-20-4-2-3-17-11-5-8(14)9(15)6-10(11)16-13(17)21-7-12(18)19/h5-6H,2-4,7H2,1H3,(H,18,19). The number of rotatable bonds is 7. The topological polar surface area (TPSA) is 55.1 Å². The van der Waals surface area contributed by atoms with Crippen LogP contribution in [-0.2, 0) is 11.3 Å². The van der Waals surface area contributed by atoms with Crippen molar-refractivity contribution in [1.82, 2.24) is 9.55 Å². The Balaban J connectivity index is 2.39. The highest BCUT2D eigenvalue weighted by Gasteiger charge is 2.14. The Kier molecular flexibility index (Phi) is 6.18. The number of carboxylic acid groups (broad SMARTS) is 1. The van der Waals surface area contributed by atoms with Crippen molar-refractivity contribution >= 4 is 63.1 Å². The van der Waals surface area contributed by atoms with Gasteiger partial charge in [0.2, 0.25) is 0 Å². The molecule has 2 aromatic rings. The Morgan fingerprint density at radius 1 is 1.52 bits per heavy atom. The van der Waals surface area contributed by atoms with Gasteiger partial charge in [-0.15, -0.1) is 0 Å². The molecule has 1 aromatic carbocycles. The summed E-state index contributed by atoms with van der Waals surface area (Å²) in [6.45, 7) is 0.708. The first kappa shape index (κ1) is 16.9. The molecule has 4 nitrogen and oxygen atoms in total. The summed E-state index contributed by atoms with van der Waals surface area (Å²) in [7, 11) is 0. The lowest BCUT2D eigenvalue weighted by Crippen LogP contribution is -2.04. The number of aliphatic carboxylic acids is 1. The summed E-state index contributed by atoms with van der Waals surface area (Å²) in [5.74, 6) is -0.214. The number of halogens is 2. The molecule has 0 bridgehead atoms. The molecule has 21 heavy (non-hydrogen) atoms. The maximum atomic E-state index is 13.8. The van der Waals surface area contributed by atoms with Gasteiger partial charge in [-0.1, -0.05) is 11.8 Å².